The molecule has 1 N–H and O–H groups in total. The maximum atomic E-state index is 8.60. The highest BCUT2D eigenvalue weighted by Gasteiger charge is 2.07. The quantitative estimate of drug-likeness (QED) is 0.838. The van der Waals surface area contributed by atoms with Crippen molar-refractivity contribution in [1.82, 2.24) is 9.97 Å². The number of ether oxygens (including phenoxy) is 1. The van der Waals surface area contributed by atoms with Gasteiger partial charge in [-0.25, -0.2) is 4.98 Å². The van der Waals surface area contributed by atoms with E-state index in [1.165, 1.54) is 0 Å². The highest BCUT2D eigenvalue weighted by atomic mass is 79.9. The van der Waals surface area contributed by atoms with Gasteiger partial charge in [0.25, 0.3) is 0 Å². The Kier molecular flexibility index (Phi) is 4.28. The Bertz CT molecular complexity index is 305. The van der Waals surface area contributed by atoms with Crippen molar-refractivity contribution in [3.8, 4) is 5.88 Å². The van der Waals surface area contributed by atoms with Gasteiger partial charge in [0.15, 0.2) is 0 Å². The molecule has 0 aliphatic rings. The van der Waals surface area contributed by atoms with Crippen LogP contribution in [-0.2, 0) is 0 Å². The standard InChI is InChI=1S/C9H13BrN2O2/c1-6(2)9-11-7(10)5-8(12-9)14-4-3-13/h5-6,13H,3-4H2,1-2H3. The van der Waals surface area contributed by atoms with Crippen LogP contribution in [0, 0.1) is 0 Å². The van der Waals surface area contributed by atoms with Crippen molar-refractivity contribution in [3.05, 3.63) is 16.5 Å². The number of halogens is 1. The van der Waals surface area contributed by atoms with Crippen LogP contribution in [0.2, 0.25) is 0 Å². The number of aliphatic hydroxyl groups excluding tert-OH is 1. The summed E-state index contributed by atoms with van der Waals surface area (Å²) in [5.41, 5.74) is 0. The van der Waals surface area contributed by atoms with Gasteiger partial charge in [0.2, 0.25) is 5.88 Å². The number of nitrogens with zero attached hydrogens (tertiary/aromatic N) is 2. The van der Waals surface area contributed by atoms with Gasteiger partial charge >= 0.3 is 0 Å². The molecule has 0 saturated carbocycles. The van der Waals surface area contributed by atoms with Crippen LogP contribution in [0.1, 0.15) is 25.6 Å². The summed E-state index contributed by atoms with van der Waals surface area (Å²) in [6.07, 6.45) is 0. The third kappa shape index (κ3) is 3.23. The van der Waals surface area contributed by atoms with E-state index in [2.05, 4.69) is 25.9 Å². The lowest BCUT2D eigenvalue weighted by Gasteiger charge is -2.07. The van der Waals surface area contributed by atoms with Crippen LogP contribution >= 0.6 is 15.9 Å². The average molecular weight is 261 g/mol. The average Bonchev–Trinajstić information content (AvgIpc) is 2.14. The predicted octanol–water partition coefficient (Wildman–Crippen LogP) is 1.73. The summed E-state index contributed by atoms with van der Waals surface area (Å²) in [6.45, 7) is 4.26. The molecule has 0 aromatic carbocycles. The van der Waals surface area contributed by atoms with Gasteiger partial charge in [0.1, 0.15) is 17.0 Å². The number of hydrogen-bond donors (Lipinski definition) is 1. The van der Waals surface area contributed by atoms with Crippen molar-refractivity contribution in [3.63, 3.8) is 0 Å². The summed E-state index contributed by atoms with van der Waals surface area (Å²) < 4.78 is 5.89. The van der Waals surface area contributed by atoms with Crippen molar-refractivity contribution in [2.75, 3.05) is 13.2 Å². The molecule has 0 bridgehead atoms. The Labute approximate surface area is 91.5 Å². The molecule has 0 aliphatic carbocycles. The van der Waals surface area contributed by atoms with Crippen molar-refractivity contribution < 1.29 is 9.84 Å². The largest absolute Gasteiger partial charge is 0.475 e. The first-order valence-electron chi connectivity index (χ1n) is 4.41. The highest BCUT2D eigenvalue weighted by molar-refractivity contribution is 9.10. The number of hydrogen-bond acceptors (Lipinski definition) is 4. The van der Waals surface area contributed by atoms with E-state index in [9.17, 15) is 0 Å². The van der Waals surface area contributed by atoms with Crippen molar-refractivity contribution >= 4 is 15.9 Å². The fourth-order valence-electron chi connectivity index (χ4n) is 0.896. The van der Waals surface area contributed by atoms with E-state index < -0.39 is 0 Å². The summed E-state index contributed by atoms with van der Waals surface area (Å²) >= 11 is 3.28. The van der Waals surface area contributed by atoms with Gasteiger partial charge in [0.05, 0.1) is 6.61 Å². The van der Waals surface area contributed by atoms with E-state index in [1.54, 1.807) is 6.07 Å². The van der Waals surface area contributed by atoms with Gasteiger partial charge in [-0.05, 0) is 15.9 Å². The van der Waals surface area contributed by atoms with Crippen LogP contribution in [0.5, 0.6) is 5.88 Å². The van der Waals surface area contributed by atoms with Crippen molar-refractivity contribution in [2.24, 2.45) is 0 Å². The summed E-state index contributed by atoms with van der Waals surface area (Å²) in [6, 6.07) is 1.68. The van der Waals surface area contributed by atoms with Crippen molar-refractivity contribution in [1.29, 1.82) is 0 Å². The Morgan fingerprint density at radius 1 is 1.50 bits per heavy atom. The summed E-state index contributed by atoms with van der Waals surface area (Å²) in [4.78, 5) is 8.40. The zero-order chi connectivity index (χ0) is 10.6. The zero-order valence-electron chi connectivity index (χ0n) is 8.20. The molecule has 1 heterocycles. The molecule has 0 aliphatic heterocycles. The predicted molar refractivity (Wildman–Crippen MR) is 56.4 cm³/mol. The second kappa shape index (κ2) is 5.26. The first-order valence-corrected chi connectivity index (χ1v) is 5.21. The third-order valence-corrected chi connectivity index (χ3v) is 1.95. The summed E-state index contributed by atoms with van der Waals surface area (Å²) in [5, 5.41) is 8.60. The Hall–Kier alpha value is -0.680. The first kappa shape index (κ1) is 11.4. The zero-order valence-corrected chi connectivity index (χ0v) is 9.78. The Morgan fingerprint density at radius 3 is 2.79 bits per heavy atom. The van der Waals surface area contributed by atoms with E-state index in [1.807, 2.05) is 13.8 Å². The van der Waals surface area contributed by atoms with Crippen LogP contribution in [0.15, 0.2) is 10.7 Å². The van der Waals surface area contributed by atoms with E-state index >= 15 is 0 Å². The summed E-state index contributed by atoms with van der Waals surface area (Å²) in [7, 11) is 0. The van der Waals surface area contributed by atoms with E-state index in [4.69, 9.17) is 9.84 Å². The molecule has 1 rings (SSSR count). The van der Waals surface area contributed by atoms with Crippen LogP contribution < -0.4 is 4.74 Å². The molecule has 0 saturated heterocycles. The molecule has 78 valence electrons. The van der Waals surface area contributed by atoms with Gasteiger partial charge in [0, 0.05) is 12.0 Å². The van der Waals surface area contributed by atoms with Gasteiger partial charge in [-0.1, -0.05) is 13.8 Å². The van der Waals surface area contributed by atoms with E-state index in [0.717, 1.165) is 5.82 Å². The molecule has 14 heavy (non-hydrogen) atoms. The molecule has 0 radical (unpaired) electrons. The smallest absolute Gasteiger partial charge is 0.217 e. The van der Waals surface area contributed by atoms with Crippen LogP contribution in [0.4, 0.5) is 0 Å². The van der Waals surface area contributed by atoms with Crippen LogP contribution in [0.3, 0.4) is 0 Å². The maximum Gasteiger partial charge on any atom is 0.217 e. The number of aliphatic hydroxyl groups is 1. The lowest BCUT2D eigenvalue weighted by molar-refractivity contribution is 0.196. The lowest BCUT2D eigenvalue weighted by Crippen LogP contribution is -2.06. The van der Waals surface area contributed by atoms with Gasteiger partial charge < -0.3 is 9.84 Å². The Morgan fingerprint density at radius 2 is 2.21 bits per heavy atom. The maximum absolute atomic E-state index is 8.60. The van der Waals surface area contributed by atoms with Gasteiger partial charge in [-0.15, -0.1) is 0 Å². The highest BCUT2D eigenvalue weighted by Crippen LogP contribution is 2.18. The van der Waals surface area contributed by atoms with E-state index in [-0.39, 0.29) is 19.1 Å². The molecule has 0 spiro atoms. The molecular weight excluding hydrogens is 248 g/mol. The van der Waals surface area contributed by atoms with Crippen LogP contribution in [0.25, 0.3) is 0 Å². The van der Waals surface area contributed by atoms with Crippen molar-refractivity contribution in [2.45, 2.75) is 19.8 Å². The van der Waals surface area contributed by atoms with Gasteiger partial charge in [-0.3, -0.25) is 0 Å². The molecule has 0 fully saturated rings. The fourth-order valence-corrected chi connectivity index (χ4v) is 1.27. The number of aromatic nitrogens is 2. The molecular formula is C9H13BrN2O2. The normalized spacial score (nSPS) is 10.6. The molecule has 4 nitrogen and oxygen atoms in total. The second-order valence-corrected chi connectivity index (χ2v) is 3.93. The lowest BCUT2D eigenvalue weighted by atomic mass is 10.2. The minimum absolute atomic E-state index is 0.0152. The minimum Gasteiger partial charge on any atom is -0.475 e. The van der Waals surface area contributed by atoms with Gasteiger partial charge in [-0.2, -0.15) is 4.98 Å². The first-order chi connectivity index (χ1) is 6.63. The topological polar surface area (TPSA) is 55.2 Å². The summed E-state index contributed by atoms with van der Waals surface area (Å²) in [5.74, 6) is 1.47. The minimum atomic E-state index is -0.0152. The third-order valence-electron chi connectivity index (χ3n) is 1.55. The molecule has 0 amide bonds. The molecule has 0 unspecified atom stereocenters. The monoisotopic (exact) mass is 260 g/mol. The number of rotatable bonds is 4. The molecule has 5 heteroatoms. The van der Waals surface area contributed by atoms with Crippen LogP contribution in [-0.4, -0.2) is 28.3 Å². The molecule has 0 atom stereocenters. The molecule has 1 aromatic heterocycles. The second-order valence-electron chi connectivity index (χ2n) is 3.11. The fraction of sp³-hybridized carbons (Fsp3) is 0.556. The SMILES string of the molecule is CC(C)c1nc(Br)cc(OCCO)n1. The van der Waals surface area contributed by atoms with E-state index in [0.29, 0.717) is 10.5 Å². The molecule has 1 aromatic rings. The Balaban J connectivity index is 2.84.